The molecule has 0 atom stereocenters. The van der Waals surface area contributed by atoms with Crippen molar-refractivity contribution in [2.75, 3.05) is 0 Å². The van der Waals surface area contributed by atoms with Crippen LogP contribution in [0, 0.1) is 3820 Å². The van der Waals surface area contributed by atoms with Gasteiger partial charge in [0.15, 0.2) is 0 Å². The predicted molar refractivity (Wildman–Crippen MR) is 0 cm³/mol. The zero-order valence-electron chi connectivity index (χ0n) is 33.0. The average molecular weight is 15700 g/mol. The Bertz CT molecular complexity index is 0. The molecule has 0 rings (SSSR count). The van der Waals surface area contributed by atoms with Gasteiger partial charge in [-0.1, -0.05) is 0 Å². The Balaban J connectivity index is 0. The first-order valence-electron chi connectivity index (χ1n) is 0. The van der Waals surface area contributed by atoms with Gasteiger partial charge in [-0.3, -0.25) is 0 Å². The van der Waals surface area contributed by atoms with E-state index in [1.807, 2.05) is 0 Å². The second-order valence-electron chi connectivity index (χ2n) is 0. The van der Waals surface area contributed by atoms with Crippen LogP contribution in [0.4, 0.5) is 0 Å². The third-order valence-electron chi connectivity index (χ3n) is 0. The first-order chi connectivity index (χ1) is 0. The topological polar surface area (TPSA) is 0 Å². The van der Waals surface area contributed by atoms with E-state index in [9.17, 15) is 0 Å². The third kappa shape index (κ3) is 693. The maximum atomic E-state index is 0. The van der Waals surface area contributed by atoms with E-state index in [4.69, 9.17) is 0 Å². The van der Waals surface area contributed by atoms with Gasteiger partial charge in [0, 0.05) is 3820 Å². The summed E-state index contributed by atoms with van der Waals surface area (Å²) in [5.74, 6) is 0. The zero-order chi connectivity index (χ0) is 0. The predicted octanol–water partition coefficient (Wildman–Crippen LogP) is 0. The first-order valence-corrected chi connectivity index (χ1v) is 0. The number of rotatable bonds is 0. The maximum absolute atomic E-state index is 0. The van der Waals surface area contributed by atoms with Gasteiger partial charge in [0.1, 0.15) is 0 Å². The van der Waals surface area contributed by atoms with Crippen LogP contribution in [0.15, 0.2) is 0 Å². The molecule has 0 aliphatic rings. The van der Waals surface area contributed by atoms with Gasteiger partial charge in [0.2, 0.25) is 0 Å². The molecular formula is Tb99. The molecule has 0 saturated carbocycles. The van der Waals surface area contributed by atoms with Gasteiger partial charge in [-0.05, 0) is 0 Å². The summed E-state index contributed by atoms with van der Waals surface area (Å²) in [6, 6.07) is 0. The first kappa shape index (κ1) is 709. The molecule has 0 aromatic heterocycles. The molecule has 0 amide bonds. The van der Waals surface area contributed by atoms with Crippen LogP contribution in [0.25, 0.3) is 0 Å². The Labute approximate surface area is 3660 Å². The molecule has 0 aliphatic heterocycles. The van der Waals surface area contributed by atoms with Crippen LogP contribution < -0.4 is 0 Å². The second-order valence-corrected chi connectivity index (χ2v) is 0. The van der Waals surface area contributed by atoms with Crippen LogP contribution in [0.2, 0.25) is 0 Å². The fourth-order valence-corrected chi connectivity index (χ4v) is 0. The van der Waals surface area contributed by atoms with Crippen molar-refractivity contribution in [2.45, 2.75) is 0 Å². The van der Waals surface area contributed by atoms with Crippen LogP contribution in [0.1, 0.15) is 0 Å². The summed E-state index contributed by atoms with van der Waals surface area (Å²) in [6.07, 6.45) is 0. The normalized spacial score (nSPS) is 0. The fourth-order valence-electron chi connectivity index (χ4n) is 0. The standard InChI is InChI=1S/99Tb. The summed E-state index contributed by atoms with van der Waals surface area (Å²) in [5.41, 5.74) is 0. The number of hydrogen-bond donors (Lipinski definition) is 0. The summed E-state index contributed by atoms with van der Waals surface area (Å²) in [7, 11) is 0. The molecule has 99 heavy (non-hydrogen) atoms. The Morgan fingerprint density at radius 2 is 0.0101 bits per heavy atom. The average Bonchev–Trinajstić information content (AvgIpc) is 0. The Morgan fingerprint density at radius 3 is 0.0101 bits per heavy atom. The van der Waals surface area contributed by atoms with Gasteiger partial charge >= 0.3 is 0 Å². The van der Waals surface area contributed by atoms with Crippen molar-refractivity contribution in [2.24, 2.45) is 0 Å². The molecular weight excluding hydrogens is 15700 g/mol. The van der Waals surface area contributed by atoms with E-state index in [1.54, 1.807) is 0 Å². The molecule has 0 spiro atoms. The molecule has 0 N–H and O–H groups in total. The summed E-state index contributed by atoms with van der Waals surface area (Å²) in [6.45, 7) is 0. The van der Waals surface area contributed by atoms with Crippen molar-refractivity contribution >= 4 is 0 Å². The molecule has 0 heterocycles. The van der Waals surface area contributed by atoms with Gasteiger partial charge in [-0.15, -0.1) is 0 Å². The molecule has 0 aromatic rings. The maximum Gasteiger partial charge on any atom is 0 e. The van der Waals surface area contributed by atoms with E-state index < -0.39 is 0 Å². The van der Waals surface area contributed by atoms with E-state index >= 15 is 0 Å². The van der Waals surface area contributed by atoms with E-state index in [2.05, 4.69) is 0 Å². The van der Waals surface area contributed by atoms with Crippen LogP contribution in [-0.2, 0) is 0 Å². The van der Waals surface area contributed by atoms with Crippen molar-refractivity contribution < 1.29 is 3820 Å². The summed E-state index contributed by atoms with van der Waals surface area (Å²) < 4.78 is 0. The zero-order valence-corrected chi connectivity index (χ0v) is 245. The van der Waals surface area contributed by atoms with Crippen molar-refractivity contribution in [1.29, 1.82) is 0 Å². The van der Waals surface area contributed by atoms with E-state index in [-0.39, 0.29) is 3820 Å². The molecule has 0 aliphatic carbocycles. The van der Waals surface area contributed by atoms with E-state index in [0.29, 0.717) is 0 Å². The fraction of sp³-hybridized carbons (Fsp3) is 0. The van der Waals surface area contributed by atoms with Crippen LogP contribution >= 0.6 is 0 Å². The van der Waals surface area contributed by atoms with Crippen molar-refractivity contribution in [3.8, 4) is 0 Å². The van der Waals surface area contributed by atoms with Crippen LogP contribution in [0.3, 0.4) is 0 Å². The Kier molecular flexibility index (Phi) is 5010. The molecule has 99 radical (unpaired) electrons. The van der Waals surface area contributed by atoms with Crippen molar-refractivity contribution in [3.05, 3.63) is 0 Å². The van der Waals surface area contributed by atoms with Crippen molar-refractivity contribution in [1.82, 2.24) is 0 Å². The number of hydrogen-bond acceptors (Lipinski definition) is 0. The van der Waals surface area contributed by atoms with E-state index in [0.717, 1.165) is 0 Å². The minimum absolute atomic E-state index is 0. The van der Waals surface area contributed by atoms with E-state index in [1.165, 1.54) is 0 Å². The molecule has 0 saturated heterocycles. The van der Waals surface area contributed by atoms with Gasteiger partial charge in [0.25, 0.3) is 0 Å². The van der Waals surface area contributed by atoms with Crippen LogP contribution in [-0.4, -0.2) is 0 Å². The monoisotopic (exact) mass is 15700 g/mol. The molecule has 0 aromatic carbocycles. The SMILES string of the molecule is [Tb].[Tb].[Tb].[Tb].[Tb].[Tb].[Tb].[Tb].[Tb].[Tb].[Tb].[Tb].[Tb].[Tb].[Tb].[Tb].[Tb].[Tb].[Tb].[Tb].[Tb].[Tb].[Tb].[Tb].[Tb].[Tb].[Tb].[Tb].[Tb].[Tb].[Tb].[Tb].[Tb].[Tb].[Tb].[Tb].[Tb].[Tb].[Tb].[Tb].[Tb].[Tb].[Tb].[Tb].[Tb].[Tb].[Tb].[Tb].[Tb].[Tb].[Tb].[Tb].[Tb].[Tb].[Tb].[Tb].[Tb].[Tb].[Tb].[Tb].[Tb].[Tb].[Tb].[Tb].[Tb].[Tb].[Tb].[Tb].[Tb].[Tb].[Tb].[Tb].[Tb].[Tb].[Tb].[Tb].[Tb].[Tb].[Tb].[Tb].[Tb].[Tb].[Tb].[Tb].[Tb].[Tb].[Tb].[Tb].[Tb].[Tb].[Tb].[Tb].[Tb].[Tb].[Tb].[Tb].[Tb].[Tb].[Tb]. The summed E-state index contributed by atoms with van der Waals surface area (Å²) in [4.78, 5) is 0. The largest absolute Gasteiger partial charge is 0 e. The Morgan fingerprint density at radius 1 is 0.0101 bits per heavy atom. The summed E-state index contributed by atoms with van der Waals surface area (Å²) >= 11 is 0. The second kappa shape index (κ2) is 699. The molecule has 0 unspecified atom stereocenters. The van der Waals surface area contributed by atoms with Gasteiger partial charge in [-0.2, -0.15) is 0 Å². The van der Waals surface area contributed by atoms with Gasteiger partial charge in [0.05, 0.1) is 0 Å². The molecule has 0 bridgehead atoms. The summed E-state index contributed by atoms with van der Waals surface area (Å²) in [5, 5.41) is 0. The third-order valence-corrected chi connectivity index (χ3v) is 0. The smallest absolute Gasteiger partial charge is 0 e. The van der Waals surface area contributed by atoms with Crippen LogP contribution in [0.5, 0.6) is 0 Å². The molecule has 99 heteroatoms. The van der Waals surface area contributed by atoms with Crippen molar-refractivity contribution in [3.63, 3.8) is 0 Å². The van der Waals surface area contributed by atoms with Gasteiger partial charge in [-0.25, -0.2) is 0 Å². The minimum Gasteiger partial charge on any atom is 0 e. The van der Waals surface area contributed by atoms with Gasteiger partial charge < -0.3 is 0 Å². The molecule has 0 nitrogen and oxygen atoms in total. The Hall–Kier alpha value is 127. The minimum atomic E-state index is 0. The molecule has 0 fully saturated rings. The molecule has 891 valence electrons. The quantitative estimate of drug-likeness (QED) is 0.321.